The zero-order valence-corrected chi connectivity index (χ0v) is 8.42. The fourth-order valence-electron chi connectivity index (χ4n) is 1.38. The van der Waals surface area contributed by atoms with Crippen LogP contribution in [-0.4, -0.2) is 14.5 Å². The summed E-state index contributed by atoms with van der Waals surface area (Å²) in [5.74, 6) is -0.643. The summed E-state index contributed by atoms with van der Waals surface area (Å²) in [6.07, 6.45) is 3.15. The topological polar surface area (TPSA) is 61.0 Å². The van der Waals surface area contributed by atoms with Crippen LogP contribution in [0.1, 0.15) is 5.69 Å². The van der Waals surface area contributed by atoms with Crippen molar-refractivity contribution in [2.75, 3.05) is 0 Å². The second-order valence-electron chi connectivity index (χ2n) is 3.35. The van der Waals surface area contributed by atoms with Crippen LogP contribution < -0.4 is 0 Å². The first-order valence-corrected chi connectivity index (χ1v) is 4.52. The first-order chi connectivity index (χ1) is 7.56. The number of imidazole rings is 1. The highest BCUT2D eigenvalue weighted by Crippen LogP contribution is 2.19. The Morgan fingerprint density at radius 2 is 2.19 bits per heavy atom. The van der Waals surface area contributed by atoms with Crippen LogP contribution in [0.3, 0.4) is 0 Å². The smallest absolute Gasteiger partial charge is 0.274 e. The predicted octanol–water partition coefficient (Wildman–Crippen LogP) is 2.23. The molecule has 0 N–H and O–H groups in total. The van der Waals surface area contributed by atoms with Gasteiger partial charge in [0.1, 0.15) is 5.82 Å². The summed E-state index contributed by atoms with van der Waals surface area (Å²) in [6.45, 7) is 1.78. The number of nitro benzene ring substituents is 1. The first-order valence-electron chi connectivity index (χ1n) is 4.52. The average molecular weight is 221 g/mol. The van der Waals surface area contributed by atoms with E-state index in [9.17, 15) is 14.5 Å². The van der Waals surface area contributed by atoms with Crippen molar-refractivity contribution in [2.24, 2.45) is 0 Å². The molecular formula is C10H8FN3O2. The van der Waals surface area contributed by atoms with Crippen LogP contribution >= 0.6 is 0 Å². The Morgan fingerprint density at radius 1 is 1.44 bits per heavy atom. The van der Waals surface area contributed by atoms with Crippen LogP contribution in [0.25, 0.3) is 5.69 Å². The molecule has 0 amide bonds. The van der Waals surface area contributed by atoms with Gasteiger partial charge in [-0.1, -0.05) is 0 Å². The summed E-state index contributed by atoms with van der Waals surface area (Å²) in [6, 6.07) is 3.39. The molecule has 0 unspecified atom stereocenters. The second-order valence-corrected chi connectivity index (χ2v) is 3.35. The Labute approximate surface area is 90.3 Å². The fraction of sp³-hybridized carbons (Fsp3) is 0.100. The van der Waals surface area contributed by atoms with Crippen molar-refractivity contribution >= 4 is 5.69 Å². The van der Waals surface area contributed by atoms with Crippen LogP contribution in [0.5, 0.6) is 0 Å². The number of halogens is 1. The summed E-state index contributed by atoms with van der Waals surface area (Å²) in [4.78, 5) is 13.9. The molecule has 16 heavy (non-hydrogen) atoms. The summed E-state index contributed by atoms with van der Waals surface area (Å²) >= 11 is 0. The molecule has 0 aliphatic heterocycles. The van der Waals surface area contributed by atoms with Crippen LogP contribution in [0.4, 0.5) is 10.1 Å². The number of hydrogen-bond acceptors (Lipinski definition) is 3. The van der Waals surface area contributed by atoms with E-state index in [1.54, 1.807) is 13.1 Å². The summed E-state index contributed by atoms with van der Waals surface area (Å²) in [5, 5.41) is 10.6. The van der Waals surface area contributed by atoms with E-state index in [0.29, 0.717) is 5.69 Å². The normalized spacial score (nSPS) is 10.4. The maximum absolute atomic E-state index is 13.1. The van der Waals surface area contributed by atoms with Crippen molar-refractivity contribution in [2.45, 2.75) is 6.92 Å². The highest BCUT2D eigenvalue weighted by Gasteiger charge is 2.10. The molecule has 0 radical (unpaired) electrons. The molecule has 5 nitrogen and oxygen atoms in total. The van der Waals surface area contributed by atoms with E-state index >= 15 is 0 Å². The van der Waals surface area contributed by atoms with Crippen molar-refractivity contribution < 1.29 is 9.31 Å². The van der Waals surface area contributed by atoms with Gasteiger partial charge in [-0.05, 0) is 13.0 Å². The van der Waals surface area contributed by atoms with Gasteiger partial charge < -0.3 is 4.57 Å². The van der Waals surface area contributed by atoms with Crippen molar-refractivity contribution in [1.29, 1.82) is 0 Å². The molecule has 1 heterocycles. The molecule has 1 aromatic carbocycles. The van der Waals surface area contributed by atoms with Gasteiger partial charge in [-0.3, -0.25) is 10.1 Å². The molecule has 0 aliphatic rings. The van der Waals surface area contributed by atoms with E-state index in [1.807, 2.05) is 0 Å². The Hall–Kier alpha value is -2.24. The number of hydrogen-bond donors (Lipinski definition) is 0. The van der Waals surface area contributed by atoms with E-state index in [4.69, 9.17) is 0 Å². The molecule has 1 aromatic heterocycles. The van der Waals surface area contributed by atoms with Crippen LogP contribution in [0.2, 0.25) is 0 Å². The lowest BCUT2D eigenvalue weighted by atomic mass is 10.2. The number of aryl methyl sites for hydroxylation is 1. The van der Waals surface area contributed by atoms with Gasteiger partial charge in [-0.2, -0.15) is 0 Å². The van der Waals surface area contributed by atoms with E-state index in [2.05, 4.69) is 4.98 Å². The zero-order valence-electron chi connectivity index (χ0n) is 8.42. The van der Waals surface area contributed by atoms with Gasteiger partial charge >= 0.3 is 0 Å². The number of aromatic nitrogens is 2. The quantitative estimate of drug-likeness (QED) is 0.577. The third kappa shape index (κ3) is 1.90. The molecule has 2 rings (SSSR count). The Bertz CT molecular complexity index is 551. The van der Waals surface area contributed by atoms with Crippen LogP contribution in [0.15, 0.2) is 30.7 Å². The molecule has 82 valence electrons. The predicted molar refractivity (Wildman–Crippen MR) is 54.9 cm³/mol. The van der Waals surface area contributed by atoms with Gasteiger partial charge in [0.15, 0.2) is 0 Å². The van der Waals surface area contributed by atoms with E-state index in [-0.39, 0.29) is 5.69 Å². The average Bonchev–Trinajstić information content (AvgIpc) is 2.64. The number of nitro groups is 1. The zero-order chi connectivity index (χ0) is 11.7. The molecule has 0 bridgehead atoms. The van der Waals surface area contributed by atoms with Crippen LogP contribution in [-0.2, 0) is 0 Å². The van der Waals surface area contributed by atoms with Crippen molar-refractivity contribution in [1.82, 2.24) is 9.55 Å². The lowest BCUT2D eigenvalue weighted by Crippen LogP contribution is -1.95. The number of non-ortho nitro benzene ring substituents is 1. The van der Waals surface area contributed by atoms with Crippen molar-refractivity contribution in [3.8, 4) is 5.69 Å². The first kappa shape index (κ1) is 10.3. The third-order valence-electron chi connectivity index (χ3n) is 2.09. The molecule has 0 saturated carbocycles. The minimum absolute atomic E-state index is 0.277. The van der Waals surface area contributed by atoms with Gasteiger partial charge in [0.2, 0.25) is 0 Å². The molecule has 0 fully saturated rings. The SMILES string of the molecule is Cc1cn(-c2cc(F)cc([N+](=O)[O-])c2)cn1. The van der Waals surface area contributed by atoms with E-state index in [0.717, 1.165) is 11.8 Å². The molecule has 0 spiro atoms. The Kier molecular flexibility index (Phi) is 2.40. The summed E-state index contributed by atoms with van der Waals surface area (Å²) in [7, 11) is 0. The number of rotatable bonds is 2. The number of nitrogens with zero attached hydrogens (tertiary/aromatic N) is 3. The Balaban J connectivity index is 2.53. The molecule has 0 saturated heterocycles. The van der Waals surface area contributed by atoms with Crippen molar-refractivity contribution in [3.63, 3.8) is 0 Å². The van der Waals surface area contributed by atoms with Gasteiger partial charge in [-0.15, -0.1) is 0 Å². The molecule has 2 aromatic rings. The van der Waals surface area contributed by atoms with Gasteiger partial charge in [-0.25, -0.2) is 9.37 Å². The summed E-state index contributed by atoms with van der Waals surface area (Å²) in [5.41, 5.74) is 0.862. The van der Waals surface area contributed by atoms with Gasteiger partial charge in [0, 0.05) is 12.3 Å². The standard InChI is InChI=1S/C10H8FN3O2/c1-7-5-13(6-12-7)9-2-8(11)3-10(4-9)14(15)16/h2-6H,1H3. The Morgan fingerprint density at radius 3 is 2.75 bits per heavy atom. The molecular weight excluding hydrogens is 213 g/mol. The molecule has 6 heteroatoms. The second kappa shape index (κ2) is 3.73. The van der Waals surface area contributed by atoms with E-state index in [1.165, 1.54) is 23.0 Å². The maximum Gasteiger partial charge on any atom is 0.274 e. The number of benzene rings is 1. The van der Waals surface area contributed by atoms with Gasteiger partial charge in [0.05, 0.1) is 28.7 Å². The highest BCUT2D eigenvalue weighted by atomic mass is 19.1. The monoisotopic (exact) mass is 221 g/mol. The maximum atomic E-state index is 13.1. The lowest BCUT2D eigenvalue weighted by Gasteiger charge is -2.01. The fourth-order valence-corrected chi connectivity index (χ4v) is 1.38. The minimum atomic E-state index is -0.643. The minimum Gasteiger partial charge on any atom is -0.306 e. The highest BCUT2D eigenvalue weighted by molar-refractivity contribution is 5.44. The van der Waals surface area contributed by atoms with Crippen LogP contribution in [0, 0.1) is 22.9 Å². The molecule has 0 aliphatic carbocycles. The largest absolute Gasteiger partial charge is 0.306 e. The third-order valence-corrected chi connectivity index (χ3v) is 2.09. The van der Waals surface area contributed by atoms with E-state index < -0.39 is 10.7 Å². The lowest BCUT2D eigenvalue weighted by molar-refractivity contribution is -0.385. The van der Waals surface area contributed by atoms with Gasteiger partial charge in [0.25, 0.3) is 5.69 Å². The summed E-state index contributed by atoms with van der Waals surface area (Å²) < 4.78 is 14.7. The van der Waals surface area contributed by atoms with Crippen molar-refractivity contribution in [3.05, 3.63) is 52.3 Å². The molecule has 0 atom stereocenters.